The lowest BCUT2D eigenvalue weighted by Crippen LogP contribution is -2.32. The van der Waals surface area contributed by atoms with E-state index in [-0.39, 0.29) is 39.5 Å². The lowest BCUT2D eigenvalue weighted by Gasteiger charge is -2.22. The summed E-state index contributed by atoms with van der Waals surface area (Å²) >= 11 is 0. The molecule has 2 amide bonds. The second-order valence-electron chi connectivity index (χ2n) is 14.5. The van der Waals surface area contributed by atoms with Gasteiger partial charge in [0.15, 0.2) is 0 Å². The lowest BCUT2D eigenvalue weighted by molar-refractivity contribution is -0.123. The molecule has 1 aromatic heterocycles. The number of sulfonamides is 1. The molecule has 2 aliphatic carbocycles. The molecular formula is C31H46N4O4S. The third-order valence-corrected chi connectivity index (χ3v) is 8.76. The van der Waals surface area contributed by atoms with E-state index in [0.29, 0.717) is 42.5 Å². The second-order valence-corrected chi connectivity index (χ2v) is 16.2. The molecule has 1 aromatic carbocycles. The number of amides is 2. The molecule has 0 radical (unpaired) electrons. The first-order chi connectivity index (χ1) is 18.4. The van der Waals surface area contributed by atoms with Crippen LogP contribution in [0.4, 0.5) is 0 Å². The van der Waals surface area contributed by atoms with E-state index in [1.54, 1.807) is 12.3 Å². The number of nitrogens with one attached hydrogen (secondary N) is 3. The summed E-state index contributed by atoms with van der Waals surface area (Å²) in [6, 6.07) is 2.82. The fourth-order valence-corrected chi connectivity index (χ4v) is 6.85. The predicted molar refractivity (Wildman–Crippen MR) is 158 cm³/mol. The van der Waals surface area contributed by atoms with E-state index in [9.17, 15) is 18.0 Å². The molecule has 9 heteroatoms. The molecule has 0 saturated heterocycles. The molecule has 220 valence electrons. The van der Waals surface area contributed by atoms with Crippen molar-refractivity contribution in [2.45, 2.75) is 110 Å². The Bertz CT molecular complexity index is 1400. The molecule has 4 rings (SSSR count). The Hall–Kier alpha value is -2.52. The Kier molecular flexibility index (Phi) is 8.41. The summed E-state index contributed by atoms with van der Waals surface area (Å²) < 4.78 is 30.2. The minimum atomic E-state index is -3.85. The van der Waals surface area contributed by atoms with Crippen LogP contribution in [0.1, 0.15) is 122 Å². The fourth-order valence-electron chi connectivity index (χ4n) is 5.40. The van der Waals surface area contributed by atoms with Gasteiger partial charge in [-0.3, -0.25) is 14.6 Å². The van der Waals surface area contributed by atoms with Gasteiger partial charge in [0.05, 0.1) is 17.0 Å². The number of fused-ring (bicyclic) bond motifs is 3. The Morgan fingerprint density at radius 1 is 0.925 bits per heavy atom. The first-order valence-electron chi connectivity index (χ1n) is 14.5. The number of rotatable bonds is 9. The van der Waals surface area contributed by atoms with Gasteiger partial charge in [0, 0.05) is 48.0 Å². The van der Waals surface area contributed by atoms with Gasteiger partial charge in [0.1, 0.15) is 0 Å². The van der Waals surface area contributed by atoms with Crippen molar-refractivity contribution in [3.63, 3.8) is 0 Å². The molecule has 2 aliphatic rings. The van der Waals surface area contributed by atoms with Gasteiger partial charge in [-0.2, -0.15) is 0 Å². The van der Waals surface area contributed by atoms with Crippen molar-refractivity contribution in [2.75, 3.05) is 6.54 Å². The van der Waals surface area contributed by atoms with Crippen LogP contribution in [-0.4, -0.2) is 31.8 Å². The summed E-state index contributed by atoms with van der Waals surface area (Å²) in [6.07, 6.45) is 5.00. The average Bonchev–Trinajstić information content (AvgIpc) is 3.58. The summed E-state index contributed by atoms with van der Waals surface area (Å²) in [6.45, 7) is 16.3. The maximum atomic E-state index is 13.7. The summed E-state index contributed by atoms with van der Waals surface area (Å²) in [5.41, 5.74) is 2.08. The van der Waals surface area contributed by atoms with Crippen LogP contribution in [-0.2, 0) is 19.6 Å². The highest BCUT2D eigenvalue weighted by Crippen LogP contribution is 2.47. The molecule has 2 aromatic rings. The maximum absolute atomic E-state index is 13.7. The Morgan fingerprint density at radius 3 is 2.02 bits per heavy atom. The summed E-state index contributed by atoms with van der Waals surface area (Å²) in [4.78, 5) is 31.1. The van der Waals surface area contributed by atoms with Gasteiger partial charge in [-0.25, -0.2) is 13.1 Å². The van der Waals surface area contributed by atoms with Crippen molar-refractivity contribution >= 4 is 32.6 Å². The SMILES string of the molecule is CC(C)CNS(=O)(=O)c1cc2c(c3cnc(C4CC4)cc13)C(NC(=O)CC(C)(C)C)CC2NC(=O)CC(C)(C)C. The minimum Gasteiger partial charge on any atom is -0.349 e. The second kappa shape index (κ2) is 11.0. The molecule has 1 fully saturated rings. The van der Waals surface area contributed by atoms with E-state index >= 15 is 0 Å². The Labute approximate surface area is 239 Å². The van der Waals surface area contributed by atoms with Crippen molar-refractivity contribution in [3.8, 4) is 0 Å². The normalized spacial score (nSPS) is 19.6. The number of nitrogens with zero attached hydrogens (tertiary/aromatic N) is 1. The van der Waals surface area contributed by atoms with Gasteiger partial charge in [0.25, 0.3) is 0 Å². The van der Waals surface area contributed by atoms with E-state index in [1.165, 1.54) is 0 Å². The molecule has 8 nitrogen and oxygen atoms in total. The van der Waals surface area contributed by atoms with E-state index in [4.69, 9.17) is 4.98 Å². The van der Waals surface area contributed by atoms with Crippen molar-refractivity contribution in [2.24, 2.45) is 16.7 Å². The smallest absolute Gasteiger partial charge is 0.241 e. The van der Waals surface area contributed by atoms with Crippen LogP contribution in [0, 0.1) is 16.7 Å². The molecule has 3 N–H and O–H groups in total. The number of hydrogen-bond donors (Lipinski definition) is 3. The molecule has 1 heterocycles. The molecular weight excluding hydrogens is 524 g/mol. The number of carbonyl (C=O) groups is 2. The van der Waals surface area contributed by atoms with Gasteiger partial charge in [-0.15, -0.1) is 0 Å². The van der Waals surface area contributed by atoms with E-state index in [0.717, 1.165) is 29.7 Å². The van der Waals surface area contributed by atoms with Gasteiger partial charge < -0.3 is 10.6 Å². The third kappa shape index (κ3) is 7.40. The van der Waals surface area contributed by atoms with E-state index in [1.807, 2.05) is 61.5 Å². The van der Waals surface area contributed by atoms with Crippen LogP contribution in [0.25, 0.3) is 10.8 Å². The summed E-state index contributed by atoms with van der Waals surface area (Å²) in [5.74, 6) is 0.320. The maximum Gasteiger partial charge on any atom is 0.241 e. The molecule has 2 unspecified atom stereocenters. The van der Waals surface area contributed by atoms with Crippen molar-refractivity contribution in [1.82, 2.24) is 20.3 Å². The highest BCUT2D eigenvalue weighted by atomic mass is 32.2. The van der Waals surface area contributed by atoms with Crippen LogP contribution >= 0.6 is 0 Å². The van der Waals surface area contributed by atoms with E-state index < -0.39 is 16.1 Å². The topological polar surface area (TPSA) is 117 Å². The highest BCUT2D eigenvalue weighted by Gasteiger charge is 2.38. The van der Waals surface area contributed by atoms with E-state index in [2.05, 4.69) is 15.4 Å². The zero-order valence-electron chi connectivity index (χ0n) is 25.3. The predicted octanol–water partition coefficient (Wildman–Crippen LogP) is 5.64. The largest absolute Gasteiger partial charge is 0.349 e. The fraction of sp³-hybridized carbons (Fsp3) is 0.645. The minimum absolute atomic E-state index is 0.0730. The summed E-state index contributed by atoms with van der Waals surface area (Å²) in [7, 11) is -3.85. The van der Waals surface area contributed by atoms with Gasteiger partial charge in [0.2, 0.25) is 21.8 Å². The quantitative estimate of drug-likeness (QED) is 0.361. The van der Waals surface area contributed by atoms with Crippen molar-refractivity contribution in [1.29, 1.82) is 0 Å². The number of aromatic nitrogens is 1. The molecule has 1 saturated carbocycles. The number of pyridine rings is 1. The molecule has 0 aliphatic heterocycles. The van der Waals surface area contributed by atoms with Crippen LogP contribution in [0.15, 0.2) is 23.2 Å². The zero-order valence-corrected chi connectivity index (χ0v) is 26.1. The number of benzene rings is 1. The van der Waals surface area contributed by atoms with Gasteiger partial charge >= 0.3 is 0 Å². The van der Waals surface area contributed by atoms with Crippen molar-refractivity contribution < 1.29 is 18.0 Å². The van der Waals surface area contributed by atoms with Crippen LogP contribution in [0.5, 0.6) is 0 Å². The number of carbonyl (C=O) groups excluding carboxylic acids is 2. The van der Waals surface area contributed by atoms with Gasteiger partial charge in [-0.05, 0) is 59.3 Å². The number of hydrogen-bond acceptors (Lipinski definition) is 5. The zero-order chi connectivity index (χ0) is 29.6. The van der Waals surface area contributed by atoms with Crippen LogP contribution < -0.4 is 15.4 Å². The standard InChI is InChI=1S/C31H46N4O4S/c1-18(2)16-33-40(38,39)26-12-21-24(34-27(36)14-30(3,4)5)13-25(35-28(37)15-31(6,7)8)29(21)22-17-32-23(11-20(22)26)19-9-10-19/h11-12,17-19,24-25,33H,9-10,13-16H2,1-8H3,(H,34,36)(H,35,37). The third-order valence-electron chi connectivity index (χ3n) is 7.29. The monoisotopic (exact) mass is 570 g/mol. The molecule has 40 heavy (non-hydrogen) atoms. The van der Waals surface area contributed by atoms with Gasteiger partial charge in [-0.1, -0.05) is 55.4 Å². The average molecular weight is 571 g/mol. The Morgan fingerprint density at radius 2 is 1.50 bits per heavy atom. The lowest BCUT2D eigenvalue weighted by atomic mass is 9.91. The molecule has 2 atom stereocenters. The molecule has 0 bridgehead atoms. The van der Waals surface area contributed by atoms with Crippen molar-refractivity contribution in [3.05, 3.63) is 35.2 Å². The first-order valence-corrected chi connectivity index (χ1v) is 16.0. The summed E-state index contributed by atoms with van der Waals surface area (Å²) in [5, 5.41) is 7.67. The van der Waals surface area contributed by atoms with Crippen LogP contribution in [0.2, 0.25) is 0 Å². The highest BCUT2D eigenvalue weighted by molar-refractivity contribution is 7.89. The Balaban J connectivity index is 1.85. The first kappa shape index (κ1) is 30.4. The molecule has 0 spiro atoms. The van der Waals surface area contributed by atoms with Crippen LogP contribution in [0.3, 0.4) is 0 Å².